The van der Waals surface area contributed by atoms with Gasteiger partial charge in [0.1, 0.15) is 0 Å². The van der Waals surface area contributed by atoms with Gasteiger partial charge in [-0.1, -0.05) is 17.7 Å². The van der Waals surface area contributed by atoms with Gasteiger partial charge in [-0.05, 0) is 44.7 Å². The van der Waals surface area contributed by atoms with Gasteiger partial charge < -0.3 is 9.80 Å². The van der Waals surface area contributed by atoms with E-state index in [0.717, 1.165) is 31.2 Å². The molecule has 1 aromatic rings. The molecule has 2 aliphatic rings. The highest BCUT2D eigenvalue weighted by Gasteiger charge is 2.33. The smallest absolute Gasteiger partial charge is 0.253 e. The maximum atomic E-state index is 12.8. The van der Waals surface area contributed by atoms with Crippen molar-refractivity contribution in [2.24, 2.45) is 11.8 Å². The van der Waals surface area contributed by atoms with Crippen LogP contribution in [0.1, 0.15) is 41.6 Å². The van der Waals surface area contributed by atoms with Crippen molar-refractivity contribution in [1.82, 2.24) is 9.80 Å². The van der Waals surface area contributed by atoms with Crippen molar-refractivity contribution in [3.05, 3.63) is 35.4 Å². The third-order valence-electron chi connectivity index (χ3n) is 5.35. The summed E-state index contributed by atoms with van der Waals surface area (Å²) < 4.78 is 0. The van der Waals surface area contributed by atoms with Crippen molar-refractivity contribution in [2.45, 2.75) is 32.6 Å². The Labute approximate surface area is 149 Å². The molecule has 1 atom stereocenters. The molecule has 1 unspecified atom stereocenters. The molecule has 2 fully saturated rings. The summed E-state index contributed by atoms with van der Waals surface area (Å²) in [4.78, 5) is 29.2. The quantitative estimate of drug-likeness (QED) is 0.832. The first-order valence-electron chi connectivity index (χ1n) is 9.13. The molecule has 0 bridgehead atoms. The van der Waals surface area contributed by atoms with E-state index in [2.05, 4.69) is 6.07 Å². The molecule has 0 saturated carbocycles. The van der Waals surface area contributed by atoms with Gasteiger partial charge in [-0.15, -0.1) is 0 Å². The molecule has 5 nitrogen and oxygen atoms in total. The van der Waals surface area contributed by atoms with E-state index in [9.17, 15) is 9.59 Å². The van der Waals surface area contributed by atoms with E-state index in [4.69, 9.17) is 5.26 Å². The van der Waals surface area contributed by atoms with E-state index in [1.807, 2.05) is 41.0 Å². The number of carbonyl (C=O) groups excluding carboxylic acids is 2. The van der Waals surface area contributed by atoms with Gasteiger partial charge in [-0.3, -0.25) is 9.59 Å². The first-order chi connectivity index (χ1) is 12.1. The topological polar surface area (TPSA) is 64.4 Å². The van der Waals surface area contributed by atoms with Gasteiger partial charge in [0.15, 0.2) is 0 Å². The van der Waals surface area contributed by atoms with Gasteiger partial charge in [0, 0.05) is 37.7 Å². The Balaban J connectivity index is 1.61. The maximum Gasteiger partial charge on any atom is 0.253 e. The summed E-state index contributed by atoms with van der Waals surface area (Å²) in [5, 5.41) is 8.99. The normalized spacial score (nSPS) is 21.7. The Bertz CT molecular complexity index is 669. The molecule has 132 valence electrons. The summed E-state index contributed by atoms with van der Waals surface area (Å²) in [6, 6.07) is 9.90. The lowest BCUT2D eigenvalue weighted by Crippen LogP contribution is -2.48. The molecule has 2 aliphatic heterocycles. The lowest BCUT2D eigenvalue weighted by atomic mass is 9.93. The predicted octanol–water partition coefficient (Wildman–Crippen LogP) is 2.61. The highest BCUT2D eigenvalue weighted by atomic mass is 16.2. The number of carbonyl (C=O) groups is 2. The highest BCUT2D eigenvalue weighted by molar-refractivity contribution is 5.94. The molecule has 0 spiro atoms. The van der Waals surface area contributed by atoms with Gasteiger partial charge in [-0.2, -0.15) is 5.26 Å². The van der Waals surface area contributed by atoms with Crippen LogP contribution in [0.2, 0.25) is 0 Å². The zero-order valence-electron chi connectivity index (χ0n) is 14.8. The van der Waals surface area contributed by atoms with Crippen LogP contribution in [0.15, 0.2) is 24.3 Å². The van der Waals surface area contributed by atoms with Gasteiger partial charge in [0.25, 0.3) is 5.91 Å². The fourth-order valence-electron chi connectivity index (χ4n) is 3.73. The van der Waals surface area contributed by atoms with Crippen molar-refractivity contribution < 1.29 is 9.59 Å². The minimum atomic E-state index is -0.109. The standard InChI is InChI=1S/C20H25N3O2/c1-15-4-6-17(7-5-15)19(24)23-10-2-3-18(14-23)20(25)22-11-8-16(13-21)9-12-22/h4-7,16,18H,2-3,8-12,14H2,1H3. The van der Waals surface area contributed by atoms with E-state index < -0.39 is 0 Å². The van der Waals surface area contributed by atoms with Gasteiger partial charge in [-0.25, -0.2) is 0 Å². The monoisotopic (exact) mass is 339 g/mol. The Morgan fingerprint density at radius 1 is 1.04 bits per heavy atom. The molecular weight excluding hydrogens is 314 g/mol. The van der Waals surface area contributed by atoms with Crippen LogP contribution in [0, 0.1) is 30.1 Å². The Morgan fingerprint density at radius 2 is 1.72 bits per heavy atom. The number of benzene rings is 1. The summed E-state index contributed by atoms with van der Waals surface area (Å²) >= 11 is 0. The Hall–Kier alpha value is -2.35. The number of likely N-dealkylation sites (tertiary alicyclic amines) is 2. The van der Waals surface area contributed by atoms with Crippen LogP contribution in [0.5, 0.6) is 0 Å². The average Bonchev–Trinajstić information content (AvgIpc) is 2.67. The van der Waals surface area contributed by atoms with Crippen molar-refractivity contribution in [3.63, 3.8) is 0 Å². The molecule has 0 aromatic heterocycles. The van der Waals surface area contributed by atoms with E-state index >= 15 is 0 Å². The molecule has 5 heteroatoms. The second kappa shape index (κ2) is 7.69. The zero-order chi connectivity index (χ0) is 17.8. The number of hydrogen-bond acceptors (Lipinski definition) is 3. The minimum absolute atomic E-state index is 0.0145. The van der Waals surface area contributed by atoms with Crippen molar-refractivity contribution >= 4 is 11.8 Å². The molecule has 2 saturated heterocycles. The van der Waals surface area contributed by atoms with Crippen LogP contribution >= 0.6 is 0 Å². The van der Waals surface area contributed by atoms with Crippen LogP contribution in [0.25, 0.3) is 0 Å². The van der Waals surface area contributed by atoms with Gasteiger partial charge in [0.2, 0.25) is 5.91 Å². The van der Waals surface area contributed by atoms with Crippen LogP contribution in [-0.2, 0) is 4.79 Å². The third-order valence-corrected chi connectivity index (χ3v) is 5.35. The number of rotatable bonds is 2. The van der Waals surface area contributed by atoms with Crippen molar-refractivity contribution in [3.8, 4) is 6.07 Å². The van der Waals surface area contributed by atoms with Crippen LogP contribution in [0.4, 0.5) is 0 Å². The lowest BCUT2D eigenvalue weighted by Gasteiger charge is -2.37. The molecule has 1 aromatic carbocycles. The predicted molar refractivity (Wildman–Crippen MR) is 94.7 cm³/mol. The number of nitriles is 1. The fourth-order valence-corrected chi connectivity index (χ4v) is 3.73. The summed E-state index contributed by atoms with van der Waals surface area (Å²) in [7, 11) is 0. The summed E-state index contributed by atoms with van der Waals surface area (Å²) in [5.41, 5.74) is 1.82. The van der Waals surface area contributed by atoms with Crippen LogP contribution in [0.3, 0.4) is 0 Å². The first-order valence-corrected chi connectivity index (χ1v) is 9.13. The minimum Gasteiger partial charge on any atom is -0.342 e. The zero-order valence-corrected chi connectivity index (χ0v) is 14.8. The van der Waals surface area contributed by atoms with Gasteiger partial charge in [0.05, 0.1) is 12.0 Å². The largest absolute Gasteiger partial charge is 0.342 e. The van der Waals surface area contributed by atoms with E-state index in [1.54, 1.807) is 0 Å². The van der Waals surface area contributed by atoms with E-state index in [-0.39, 0.29) is 23.7 Å². The molecule has 2 heterocycles. The summed E-state index contributed by atoms with van der Waals surface area (Å²) in [5.74, 6) is 0.135. The first kappa shape index (κ1) is 17.5. The van der Waals surface area contributed by atoms with Crippen LogP contribution < -0.4 is 0 Å². The average molecular weight is 339 g/mol. The Kier molecular flexibility index (Phi) is 5.37. The fraction of sp³-hybridized carbons (Fsp3) is 0.550. The molecule has 0 N–H and O–H groups in total. The highest BCUT2D eigenvalue weighted by Crippen LogP contribution is 2.24. The summed E-state index contributed by atoms with van der Waals surface area (Å²) in [6.45, 7) is 4.55. The third kappa shape index (κ3) is 4.01. The van der Waals surface area contributed by atoms with Gasteiger partial charge >= 0.3 is 0 Å². The Morgan fingerprint density at radius 3 is 2.36 bits per heavy atom. The second-order valence-electron chi connectivity index (χ2n) is 7.19. The second-order valence-corrected chi connectivity index (χ2v) is 7.19. The molecule has 0 radical (unpaired) electrons. The number of hydrogen-bond donors (Lipinski definition) is 0. The van der Waals surface area contributed by atoms with Crippen LogP contribution in [-0.4, -0.2) is 47.8 Å². The van der Waals surface area contributed by atoms with Crippen molar-refractivity contribution in [2.75, 3.05) is 26.2 Å². The molecule has 2 amide bonds. The molecule has 3 rings (SSSR count). The molecule has 0 aliphatic carbocycles. The maximum absolute atomic E-state index is 12.8. The lowest BCUT2D eigenvalue weighted by molar-refractivity contribution is -0.138. The van der Waals surface area contributed by atoms with Crippen molar-refractivity contribution in [1.29, 1.82) is 5.26 Å². The number of nitrogens with zero attached hydrogens (tertiary/aromatic N) is 3. The summed E-state index contributed by atoms with van der Waals surface area (Å²) in [6.07, 6.45) is 3.24. The SMILES string of the molecule is Cc1ccc(C(=O)N2CCCC(C(=O)N3CCC(C#N)CC3)C2)cc1. The molecular formula is C20H25N3O2. The number of aryl methyl sites for hydroxylation is 1. The number of amides is 2. The molecule has 25 heavy (non-hydrogen) atoms. The number of piperidine rings is 2. The van der Waals surface area contributed by atoms with E-state index in [0.29, 0.717) is 31.7 Å². The van der Waals surface area contributed by atoms with E-state index in [1.165, 1.54) is 0 Å².